The molecule has 4 heteroatoms. The second kappa shape index (κ2) is 5.71. The Hall–Kier alpha value is -0.280. The van der Waals surface area contributed by atoms with Gasteiger partial charge in [-0.25, -0.2) is 0 Å². The summed E-state index contributed by atoms with van der Waals surface area (Å²) in [7, 11) is 0. The Morgan fingerprint density at radius 3 is 2.40 bits per heavy atom. The minimum Gasteiger partial charge on any atom is -0.352 e. The number of hydrogen-bond acceptors (Lipinski definition) is 2. The van der Waals surface area contributed by atoms with Gasteiger partial charge in [-0.2, -0.15) is 0 Å². The van der Waals surface area contributed by atoms with Crippen molar-refractivity contribution in [2.45, 2.75) is 57.0 Å². The molecule has 0 spiro atoms. The van der Waals surface area contributed by atoms with Crippen LogP contribution in [0.2, 0.25) is 0 Å². The highest BCUT2D eigenvalue weighted by molar-refractivity contribution is 5.85. The van der Waals surface area contributed by atoms with Crippen LogP contribution in [0, 0.1) is 5.92 Å². The van der Waals surface area contributed by atoms with Gasteiger partial charge in [-0.1, -0.05) is 25.7 Å². The van der Waals surface area contributed by atoms with Gasteiger partial charge in [0.1, 0.15) is 0 Å². The van der Waals surface area contributed by atoms with E-state index in [4.69, 9.17) is 5.73 Å². The molecule has 88 valence electrons. The lowest BCUT2D eigenvalue weighted by molar-refractivity contribution is -0.122. The standard InChI is InChI=1S/C11H20N2O.ClH/c12-10(7-8-3-1-2-4-8)11(14)13-9-5-6-9;/h8-10H,1-7,12H2,(H,13,14);1H/t10-;/m0./s1. The Morgan fingerprint density at radius 1 is 1.27 bits per heavy atom. The van der Waals surface area contributed by atoms with Crippen molar-refractivity contribution in [2.75, 3.05) is 0 Å². The lowest BCUT2D eigenvalue weighted by Crippen LogP contribution is -2.42. The zero-order valence-corrected chi connectivity index (χ0v) is 9.89. The number of nitrogens with one attached hydrogen (secondary N) is 1. The molecule has 2 rings (SSSR count). The Bertz CT molecular complexity index is 213. The van der Waals surface area contributed by atoms with E-state index in [2.05, 4.69) is 5.32 Å². The monoisotopic (exact) mass is 232 g/mol. The summed E-state index contributed by atoms with van der Waals surface area (Å²) in [5.74, 6) is 0.773. The van der Waals surface area contributed by atoms with Gasteiger partial charge in [0.25, 0.3) is 0 Å². The van der Waals surface area contributed by atoms with Gasteiger partial charge < -0.3 is 11.1 Å². The first-order chi connectivity index (χ1) is 6.75. The fourth-order valence-electron chi connectivity index (χ4n) is 2.25. The Morgan fingerprint density at radius 2 is 1.87 bits per heavy atom. The van der Waals surface area contributed by atoms with Crippen molar-refractivity contribution >= 4 is 18.3 Å². The van der Waals surface area contributed by atoms with Crippen molar-refractivity contribution in [2.24, 2.45) is 11.7 Å². The van der Waals surface area contributed by atoms with E-state index in [0.29, 0.717) is 12.0 Å². The summed E-state index contributed by atoms with van der Waals surface area (Å²) in [6, 6.07) is 0.177. The van der Waals surface area contributed by atoms with E-state index in [1.54, 1.807) is 0 Å². The number of rotatable bonds is 4. The SMILES string of the molecule is Cl.N[C@@H](CC1CCCC1)C(=O)NC1CC1. The molecule has 1 atom stereocenters. The maximum absolute atomic E-state index is 11.5. The summed E-state index contributed by atoms with van der Waals surface area (Å²) in [6.07, 6.45) is 8.35. The lowest BCUT2D eigenvalue weighted by atomic mass is 9.98. The van der Waals surface area contributed by atoms with Crippen LogP contribution in [-0.4, -0.2) is 18.0 Å². The quantitative estimate of drug-likeness (QED) is 0.774. The summed E-state index contributed by atoms with van der Waals surface area (Å²) in [5.41, 5.74) is 5.86. The van der Waals surface area contributed by atoms with Gasteiger partial charge in [0.15, 0.2) is 0 Å². The fraction of sp³-hybridized carbons (Fsp3) is 0.909. The first-order valence-electron chi connectivity index (χ1n) is 5.81. The normalized spacial score (nSPS) is 23.3. The van der Waals surface area contributed by atoms with Crippen LogP contribution in [0.4, 0.5) is 0 Å². The van der Waals surface area contributed by atoms with Gasteiger partial charge in [-0.3, -0.25) is 4.79 Å². The van der Waals surface area contributed by atoms with E-state index in [-0.39, 0.29) is 24.4 Å². The van der Waals surface area contributed by atoms with Crippen LogP contribution in [0.25, 0.3) is 0 Å². The highest BCUT2D eigenvalue weighted by Crippen LogP contribution is 2.28. The maximum atomic E-state index is 11.5. The second-order valence-electron chi connectivity index (χ2n) is 4.78. The Kier molecular flexibility index (Phi) is 4.87. The minimum atomic E-state index is -0.265. The summed E-state index contributed by atoms with van der Waals surface area (Å²) in [6.45, 7) is 0. The average Bonchev–Trinajstić information content (AvgIpc) is 2.81. The third-order valence-corrected chi connectivity index (χ3v) is 3.32. The summed E-state index contributed by atoms with van der Waals surface area (Å²) in [5, 5.41) is 2.96. The zero-order valence-electron chi connectivity index (χ0n) is 9.08. The third-order valence-electron chi connectivity index (χ3n) is 3.32. The molecule has 0 aromatic carbocycles. The number of carbonyl (C=O) groups is 1. The molecular formula is C11H21ClN2O. The fourth-order valence-corrected chi connectivity index (χ4v) is 2.25. The third kappa shape index (κ3) is 3.99. The number of nitrogens with two attached hydrogens (primary N) is 1. The molecule has 2 aliphatic carbocycles. The minimum absolute atomic E-state index is 0. The molecule has 3 N–H and O–H groups in total. The van der Waals surface area contributed by atoms with E-state index in [0.717, 1.165) is 19.3 Å². The van der Waals surface area contributed by atoms with Crippen LogP contribution < -0.4 is 11.1 Å². The molecule has 0 unspecified atom stereocenters. The number of amides is 1. The summed E-state index contributed by atoms with van der Waals surface area (Å²) < 4.78 is 0. The molecule has 2 fully saturated rings. The van der Waals surface area contributed by atoms with Gasteiger partial charge in [-0.15, -0.1) is 12.4 Å². The molecule has 0 bridgehead atoms. The molecule has 0 heterocycles. The van der Waals surface area contributed by atoms with Crippen LogP contribution >= 0.6 is 12.4 Å². The van der Waals surface area contributed by atoms with Gasteiger partial charge in [-0.05, 0) is 25.2 Å². The topological polar surface area (TPSA) is 55.1 Å². The van der Waals surface area contributed by atoms with Crippen molar-refractivity contribution in [3.05, 3.63) is 0 Å². The van der Waals surface area contributed by atoms with Crippen molar-refractivity contribution in [3.8, 4) is 0 Å². The van der Waals surface area contributed by atoms with Gasteiger partial charge in [0, 0.05) is 6.04 Å². The van der Waals surface area contributed by atoms with Crippen molar-refractivity contribution in [3.63, 3.8) is 0 Å². The van der Waals surface area contributed by atoms with E-state index in [1.165, 1.54) is 25.7 Å². The predicted octanol–water partition coefficient (Wildman–Crippen LogP) is 1.59. The molecule has 0 saturated heterocycles. The second-order valence-corrected chi connectivity index (χ2v) is 4.78. The van der Waals surface area contributed by atoms with Crippen LogP contribution in [-0.2, 0) is 4.79 Å². The lowest BCUT2D eigenvalue weighted by Gasteiger charge is -2.15. The first kappa shape index (κ1) is 12.8. The van der Waals surface area contributed by atoms with Gasteiger partial charge in [0.2, 0.25) is 5.91 Å². The van der Waals surface area contributed by atoms with Crippen LogP contribution in [0.15, 0.2) is 0 Å². The first-order valence-corrected chi connectivity index (χ1v) is 5.81. The molecular weight excluding hydrogens is 212 g/mol. The maximum Gasteiger partial charge on any atom is 0.237 e. The molecule has 0 aromatic rings. The van der Waals surface area contributed by atoms with Crippen molar-refractivity contribution < 1.29 is 4.79 Å². The molecule has 2 saturated carbocycles. The molecule has 1 amide bonds. The number of halogens is 1. The summed E-state index contributed by atoms with van der Waals surface area (Å²) >= 11 is 0. The molecule has 0 aliphatic heterocycles. The van der Waals surface area contributed by atoms with Crippen molar-refractivity contribution in [1.29, 1.82) is 0 Å². The zero-order chi connectivity index (χ0) is 9.97. The van der Waals surface area contributed by atoms with Gasteiger partial charge >= 0.3 is 0 Å². The van der Waals surface area contributed by atoms with Crippen LogP contribution in [0.3, 0.4) is 0 Å². The van der Waals surface area contributed by atoms with E-state index < -0.39 is 0 Å². The largest absolute Gasteiger partial charge is 0.352 e. The smallest absolute Gasteiger partial charge is 0.237 e. The molecule has 0 aromatic heterocycles. The molecule has 2 aliphatic rings. The van der Waals surface area contributed by atoms with Crippen molar-refractivity contribution in [1.82, 2.24) is 5.32 Å². The highest BCUT2D eigenvalue weighted by Gasteiger charge is 2.27. The van der Waals surface area contributed by atoms with E-state index in [9.17, 15) is 4.79 Å². The Balaban J connectivity index is 0.00000112. The average molecular weight is 233 g/mol. The molecule has 15 heavy (non-hydrogen) atoms. The predicted molar refractivity (Wildman–Crippen MR) is 63.0 cm³/mol. The van der Waals surface area contributed by atoms with Crippen LogP contribution in [0.5, 0.6) is 0 Å². The van der Waals surface area contributed by atoms with Crippen LogP contribution in [0.1, 0.15) is 44.9 Å². The number of carbonyl (C=O) groups excluding carboxylic acids is 1. The molecule has 3 nitrogen and oxygen atoms in total. The number of hydrogen-bond donors (Lipinski definition) is 2. The highest BCUT2D eigenvalue weighted by atomic mass is 35.5. The summed E-state index contributed by atoms with van der Waals surface area (Å²) in [4.78, 5) is 11.5. The van der Waals surface area contributed by atoms with E-state index >= 15 is 0 Å². The van der Waals surface area contributed by atoms with E-state index in [1.807, 2.05) is 0 Å². The molecule has 0 radical (unpaired) electrons. The van der Waals surface area contributed by atoms with Gasteiger partial charge in [0.05, 0.1) is 6.04 Å². The Labute approximate surface area is 97.6 Å².